The smallest absolute Gasteiger partial charge is 0.0476 e. The maximum Gasteiger partial charge on any atom is 0.0476 e. The van der Waals surface area contributed by atoms with E-state index in [1.54, 1.807) is 0 Å². The average molecular weight is 415 g/mol. The Morgan fingerprint density at radius 1 is 0.760 bits per heavy atom. The summed E-state index contributed by atoms with van der Waals surface area (Å²) in [6.45, 7) is 6.68. The molecule has 0 saturated carbocycles. The van der Waals surface area contributed by atoms with Gasteiger partial charge in [-0.1, -0.05) is 72.6 Å². The summed E-state index contributed by atoms with van der Waals surface area (Å²) in [5.74, 6) is 0. The van der Waals surface area contributed by atoms with E-state index in [1.807, 2.05) is 24.3 Å². The van der Waals surface area contributed by atoms with Crippen LogP contribution in [0.2, 0.25) is 5.02 Å². The van der Waals surface area contributed by atoms with Gasteiger partial charge in [-0.15, -0.1) is 0 Å². The first-order valence-electron chi connectivity index (χ1n) is 8.26. The van der Waals surface area contributed by atoms with Crippen LogP contribution >= 0.6 is 27.5 Å². The minimum atomic E-state index is 0.0647. The highest BCUT2D eigenvalue weighted by atomic mass is 79.9. The summed E-state index contributed by atoms with van der Waals surface area (Å²) in [5, 5.41) is 0.726. The molecule has 0 heterocycles. The fourth-order valence-electron chi connectivity index (χ4n) is 2.78. The Balaban J connectivity index is 2.21. The molecular formula is C22H21BrClN. The van der Waals surface area contributed by atoms with E-state index in [4.69, 9.17) is 11.6 Å². The SMILES string of the molecule is CC(C)(C)c1cc(Br)cc(N(c2ccccc2)c2cccc(Cl)c2)c1. The van der Waals surface area contributed by atoms with Crippen LogP contribution < -0.4 is 4.90 Å². The second-order valence-corrected chi connectivity index (χ2v) is 8.45. The number of rotatable bonds is 3. The van der Waals surface area contributed by atoms with E-state index >= 15 is 0 Å². The Bertz CT molecular complexity index is 869. The highest BCUT2D eigenvalue weighted by Crippen LogP contribution is 2.39. The van der Waals surface area contributed by atoms with Crippen molar-refractivity contribution in [3.63, 3.8) is 0 Å². The zero-order chi connectivity index (χ0) is 18.0. The zero-order valence-corrected chi connectivity index (χ0v) is 17.0. The summed E-state index contributed by atoms with van der Waals surface area (Å²) in [6, 6.07) is 24.9. The predicted molar refractivity (Wildman–Crippen MR) is 113 cm³/mol. The third kappa shape index (κ3) is 4.26. The van der Waals surface area contributed by atoms with Crippen molar-refractivity contribution in [2.75, 3.05) is 4.90 Å². The van der Waals surface area contributed by atoms with Crippen LogP contribution in [0.1, 0.15) is 26.3 Å². The molecule has 0 N–H and O–H groups in total. The summed E-state index contributed by atoms with van der Waals surface area (Å²) in [7, 11) is 0. The summed E-state index contributed by atoms with van der Waals surface area (Å²) < 4.78 is 1.07. The van der Waals surface area contributed by atoms with Gasteiger partial charge in [-0.2, -0.15) is 0 Å². The summed E-state index contributed by atoms with van der Waals surface area (Å²) in [4.78, 5) is 2.23. The van der Waals surface area contributed by atoms with Gasteiger partial charge in [0.25, 0.3) is 0 Å². The highest BCUT2D eigenvalue weighted by molar-refractivity contribution is 9.10. The second-order valence-electron chi connectivity index (χ2n) is 7.10. The van der Waals surface area contributed by atoms with Gasteiger partial charge in [-0.05, 0) is 59.5 Å². The van der Waals surface area contributed by atoms with E-state index in [0.717, 1.165) is 26.6 Å². The molecule has 0 aromatic heterocycles. The van der Waals surface area contributed by atoms with E-state index in [2.05, 4.69) is 90.1 Å². The van der Waals surface area contributed by atoms with Crippen LogP contribution in [-0.2, 0) is 5.41 Å². The largest absolute Gasteiger partial charge is 0.310 e. The van der Waals surface area contributed by atoms with E-state index in [0.29, 0.717) is 0 Å². The van der Waals surface area contributed by atoms with E-state index in [1.165, 1.54) is 5.56 Å². The van der Waals surface area contributed by atoms with E-state index in [-0.39, 0.29) is 5.41 Å². The molecule has 1 nitrogen and oxygen atoms in total. The Morgan fingerprint density at radius 2 is 1.44 bits per heavy atom. The summed E-state index contributed by atoms with van der Waals surface area (Å²) >= 11 is 9.94. The standard InChI is InChI=1S/C22H21BrClN/c1-22(2,3)16-12-17(23)14-21(13-16)25(19-9-5-4-6-10-19)20-11-7-8-18(24)15-20/h4-15H,1-3H3. The minimum absolute atomic E-state index is 0.0647. The number of nitrogens with zero attached hydrogens (tertiary/aromatic N) is 1. The van der Waals surface area contributed by atoms with Crippen LogP contribution in [0.3, 0.4) is 0 Å². The Hall–Kier alpha value is -1.77. The fourth-order valence-corrected chi connectivity index (χ4v) is 3.44. The van der Waals surface area contributed by atoms with Gasteiger partial charge in [0, 0.05) is 26.6 Å². The van der Waals surface area contributed by atoms with Gasteiger partial charge in [-0.3, -0.25) is 0 Å². The van der Waals surface area contributed by atoms with Crippen LogP contribution in [-0.4, -0.2) is 0 Å². The molecule has 0 atom stereocenters. The molecule has 3 heteroatoms. The van der Waals surface area contributed by atoms with Gasteiger partial charge in [0.1, 0.15) is 0 Å². The van der Waals surface area contributed by atoms with Crippen molar-refractivity contribution in [2.45, 2.75) is 26.2 Å². The lowest BCUT2D eigenvalue weighted by atomic mass is 9.87. The fraction of sp³-hybridized carbons (Fsp3) is 0.182. The second kappa shape index (κ2) is 7.23. The molecule has 3 rings (SSSR count). The zero-order valence-electron chi connectivity index (χ0n) is 14.6. The lowest BCUT2D eigenvalue weighted by Gasteiger charge is -2.28. The normalized spacial score (nSPS) is 11.4. The molecule has 3 aromatic rings. The number of anilines is 3. The number of hydrogen-bond donors (Lipinski definition) is 0. The van der Waals surface area contributed by atoms with Gasteiger partial charge in [0.05, 0.1) is 0 Å². The van der Waals surface area contributed by atoms with Crippen molar-refractivity contribution in [3.8, 4) is 0 Å². The molecule has 0 fully saturated rings. The molecule has 0 radical (unpaired) electrons. The van der Waals surface area contributed by atoms with Crippen LogP contribution in [0.15, 0.2) is 77.3 Å². The predicted octanol–water partition coefficient (Wildman–Crippen LogP) is 7.87. The van der Waals surface area contributed by atoms with Gasteiger partial charge in [0.2, 0.25) is 0 Å². The van der Waals surface area contributed by atoms with E-state index < -0.39 is 0 Å². The maximum absolute atomic E-state index is 6.26. The van der Waals surface area contributed by atoms with Crippen molar-refractivity contribution in [2.24, 2.45) is 0 Å². The van der Waals surface area contributed by atoms with Gasteiger partial charge >= 0.3 is 0 Å². The molecule has 0 aliphatic rings. The summed E-state index contributed by atoms with van der Waals surface area (Å²) in [5.41, 5.74) is 4.59. The first-order chi connectivity index (χ1) is 11.8. The topological polar surface area (TPSA) is 3.24 Å². The molecule has 0 unspecified atom stereocenters. The number of hydrogen-bond acceptors (Lipinski definition) is 1. The van der Waals surface area contributed by atoms with Crippen LogP contribution in [0.5, 0.6) is 0 Å². The quantitative estimate of drug-likeness (QED) is 0.421. The minimum Gasteiger partial charge on any atom is -0.310 e. The highest BCUT2D eigenvalue weighted by Gasteiger charge is 2.19. The molecule has 0 saturated heterocycles. The Morgan fingerprint density at radius 3 is 2.08 bits per heavy atom. The Labute approximate surface area is 163 Å². The molecule has 0 bridgehead atoms. The average Bonchev–Trinajstić information content (AvgIpc) is 2.55. The lowest BCUT2D eigenvalue weighted by Crippen LogP contribution is -2.14. The number of benzene rings is 3. The molecule has 0 aliphatic heterocycles. The first-order valence-corrected chi connectivity index (χ1v) is 9.43. The first kappa shape index (κ1) is 18.0. The van der Waals surface area contributed by atoms with E-state index in [9.17, 15) is 0 Å². The molecule has 0 aliphatic carbocycles. The van der Waals surface area contributed by atoms with Crippen LogP contribution in [0.25, 0.3) is 0 Å². The third-order valence-electron chi connectivity index (χ3n) is 4.09. The number of para-hydroxylation sites is 1. The lowest BCUT2D eigenvalue weighted by molar-refractivity contribution is 0.590. The molecule has 3 aromatic carbocycles. The maximum atomic E-state index is 6.26. The molecular weight excluding hydrogens is 394 g/mol. The van der Waals surface area contributed by atoms with Crippen molar-refractivity contribution in [1.29, 1.82) is 0 Å². The summed E-state index contributed by atoms with van der Waals surface area (Å²) in [6.07, 6.45) is 0. The van der Waals surface area contributed by atoms with Crippen molar-refractivity contribution in [3.05, 3.63) is 87.9 Å². The molecule has 128 valence electrons. The Kier molecular flexibility index (Phi) is 5.21. The van der Waals surface area contributed by atoms with Crippen LogP contribution in [0.4, 0.5) is 17.1 Å². The number of halogens is 2. The van der Waals surface area contributed by atoms with Gasteiger partial charge < -0.3 is 4.90 Å². The molecule has 0 amide bonds. The third-order valence-corrected chi connectivity index (χ3v) is 4.78. The molecule has 0 spiro atoms. The van der Waals surface area contributed by atoms with Gasteiger partial charge in [-0.25, -0.2) is 0 Å². The van der Waals surface area contributed by atoms with Crippen molar-refractivity contribution < 1.29 is 0 Å². The van der Waals surface area contributed by atoms with Crippen molar-refractivity contribution in [1.82, 2.24) is 0 Å². The monoisotopic (exact) mass is 413 g/mol. The molecule has 25 heavy (non-hydrogen) atoms. The van der Waals surface area contributed by atoms with Gasteiger partial charge in [0.15, 0.2) is 0 Å². The van der Waals surface area contributed by atoms with Crippen LogP contribution in [0, 0.1) is 0 Å². The van der Waals surface area contributed by atoms with Crippen molar-refractivity contribution >= 4 is 44.6 Å².